The van der Waals surface area contributed by atoms with E-state index < -0.39 is 28.9 Å². The quantitative estimate of drug-likeness (QED) is 0.151. The van der Waals surface area contributed by atoms with Crippen molar-refractivity contribution in [1.29, 1.82) is 0 Å². The first-order valence-electron chi connectivity index (χ1n) is 9.02. The number of unbranched alkanes of at least 4 members (excludes halogenated alkanes) is 3. The second-order valence-electron chi connectivity index (χ2n) is 6.13. The van der Waals surface area contributed by atoms with Gasteiger partial charge in [0.15, 0.2) is 0 Å². The first-order chi connectivity index (χ1) is 13.2. The van der Waals surface area contributed by atoms with Crippen LogP contribution in [-0.2, 0) is 16.1 Å². The van der Waals surface area contributed by atoms with Crippen molar-refractivity contribution < 1.29 is 24.7 Å². The van der Waals surface area contributed by atoms with Crippen molar-refractivity contribution in [2.75, 3.05) is 5.75 Å². The molecule has 0 aliphatic rings. The van der Waals surface area contributed by atoms with Crippen LogP contribution in [0.1, 0.15) is 44.6 Å². The number of rotatable bonds is 12. The number of hydrogen-bond acceptors (Lipinski definition) is 7. The van der Waals surface area contributed by atoms with Crippen LogP contribution in [0.2, 0.25) is 0 Å². The van der Waals surface area contributed by atoms with Gasteiger partial charge in [0.2, 0.25) is 0 Å². The van der Waals surface area contributed by atoms with E-state index in [0.29, 0.717) is 12.0 Å². The SMILES string of the molecule is CCCCCCC(N)C(=O)O.O=C(O)[C@H](CS)NCc1ccccc1[N+](=O)[O-]. The lowest BCUT2D eigenvalue weighted by Crippen LogP contribution is -2.37. The molecule has 1 aromatic rings. The number of hydrogen-bond donors (Lipinski definition) is 5. The number of carbonyl (C=O) groups is 2. The molecule has 10 heteroatoms. The Hall–Kier alpha value is -2.17. The van der Waals surface area contributed by atoms with Gasteiger partial charge >= 0.3 is 11.9 Å². The van der Waals surface area contributed by atoms with Crippen molar-refractivity contribution in [3.8, 4) is 0 Å². The summed E-state index contributed by atoms with van der Waals surface area (Å²) in [6, 6.07) is 4.72. The van der Waals surface area contributed by atoms with E-state index in [0.717, 1.165) is 12.8 Å². The number of carboxylic acid groups (broad SMARTS) is 2. The number of carboxylic acids is 2. The fourth-order valence-electron chi connectivity index (χ4n) is 2.22. The van der Waals surface area contributed by atoms with Crippen molar-refractivity contribution in [3.63, 3.8) is 0 Å². The summed E-state index contributed by atoms with van der Waals surface area (Å²) in [5.74, 6) is -1.80. The minimum absolute atomic E-state index is 0.0247. The van der Waals surface area contributed by atoms with Gasteiger partial charge in [0, 0.05) is 23.9 Å². The third kappa shape index (κ3) is 10.9. The lowest BCUT2D eigenvalue weighted by Gasteiger charge is -2.11. The Labute approximate surface area is 169 Å². The maximum Gasteiger partial charge on any atom is 0.321 e. The molecule has 0 saturated carbocycles. The Balaban J connectivity index is 0.000000576. The summed E-state index contributed by atoms with van der Waals surface area (Å²) in [6.45, 7) is 2.24. The smallest absolute Gasteiger partial charge is 0.321 e. The van der Waals surface area contributed by atoms with Crippen LogP contribution in [0.15, 0.2) is 24.3 Å². The third-order valence-electron chi connectivity index (χ3n) is 3.89. The lowest BCUT2D eigenvalue weighted by molar-refractivity contribution is -0.385. The molecule has 158 valence electrons. The molecule has 1 unspecified atom stereocenters. The molecule has 5 N–H and O–H groups in total. The zero-order chi connectivity index (χ0) is 21.5. The van der Waals surface area contributed by atoms with Crippen LogP contribution in [0.4, 0.5) is 5.69 Å². The highest BCUT2D eigenvalue weighted by atomic mass is 32.1. The fourth-order valence-corrected chi connectivity index (χ4v) is 2.50. The number of benzene rings is 1. The molecule has 0 fully saturated rings. The van der Waals surface area contributed by atoms with Crippen molar-refractivity contribution in [2.24, 2.45) is 5.73 Å². The van der Waals surface area contributed by atoms with Crippen molar-refractivity contribution in [1.82, 2.24) is 5.32 Å². The van der Waals surface area contributed by atoms with E-state index in [1.54, 1.807) is 18.2 Å². The highest BCUT2D eigenvalue weighted by molar-refractivity contribution is 7.80. The highest BCUT2D eigenvalue weighted by Crippen LogP contribution is 2.17. The minimum atomic E-state index is -1.03. The first-order valence-corrected chi connectivity index (χ1v) is 9.65. The highest BCUT2D eigenvalue weighted by Gasteiger charge is 2.17. The Morgan fingerprint density at radius 1 is 1.21 bits per heavy atom. The Morgan fingerprint density at radius 2 is 1.86 bits per heavy atom. The summed E-state index contributed by atoms with van der Waals surface area (Å²) in [4.78, 5) is 31.2. The Morgan fingerprint density at radius 3 is 2.36 bits per heavy atom. The number of aliphatic carboxylic acids is 2. The van der Waals surface area contributed by atoms with Gasteiger partial charge in [0.1, 0.15) is 12.1 Å². The summed E-state index contributed by atoms with van der Waals surface area (Å²) < 4.78 is 0. The minimum Gasteiger partial charge on any atom is -0.480 e. The van der Waals surface area contributed by atoms with Crippen LogP contribution in [0.3, 0.4) is 0 Å². The van der Waals surface area contributed by atoms with E-state index in [-0.39, 0.29) is 18.0 Å². The van der Waals surface area contributed by atoms with Gasteiger partial charge in [-0.15, -0.1) is 0 Å². The van der Waals surface area contributed by atoms with Crippen LogP contribution in [0.5, 0.6) is 0 Å². The molecule has 0 aliphatic carbocycles. The molecule has 9 nitrogen and oxygen atoms in total. The van der Waals surface area contributed by atoms with Gasteiger partial charge in [-0.25, -0.2) is 0 Å². The lowest BCUT2D eigenvalue weighted by atomic mass is 10.1. The molecule has 1 aromatic carbocycles. The predicted octanol–water partition coefficient (Wildman–Crippen LogP) is 2.44. The summed E-state index contributed by atoms with van der Waals surface area (Å²) >= 11 is 3.89. The molecule has 0 heterocycles. The molecule has 0 aliphatic heterocycles. The number of nitrogens with one attached hydrogen (secondary N) is 1. The van der Waals surface area contributed by atoms with E-state index in [9.17, 15) is 19.7 Å². The zero-order valence-electron chi connectivity index (χ0n) is 15.9. The van der Waals surface area contributed by atoms with E-state index in [4.69, 9.17) is 15.9 Å². The number of thiol groups is 1. The second kappa shape index (κ2) is 14.8. The predicted molar refractivity (Wildman–Crippen MR) is 110 cm³/mol. The van der Waals surface area contributed by atoms with Crippen LogP contribution in [0.25, 0.3) is 0 Å². The van der Waals surface area contributed by atoms with E-state index in [1.165, 1.54) is 18.9 Å². The fraction of sp³-hybridized carbons (Fsp3) is 0.556. The van der Waals surface area contributed by atoms with Crippen LogP contribution in [-0.4, -0.2) is 44.9 Å². The van der Waals surface area contributed by atoms with E-state index in [2.05, 4.69) is 24.9 Å². The average Bonchev–Trinajstić information content (AvgIpc) is 2.66. The molecule has 0 radical (unpaired) electrons. The van der Waals surface area contributed by atoms with Crippen molar-refractivity contribution >= 4 is 30.3 Å². The van der Waals surface area contributed by atoms with Gasteiger partial charge in [0.25, 0.3) is 5.69 Å². The molecule has 1 rings (SSSR count). The van der Waals surface area contributed by atoms with Gasteiger partial charge in [-0.3, -0.25) is 25.0 Å². The van der Waals surface area contributed by atoms with Crippen molar-refractivity contribution in [2.45, 2.75) is 57.7 Å². The zero-order valence-corrected chi connectivity index (χ0v) is 16.8. The maximum atomic E-state index is 10.7. The van der Waals surface area contributed by atoms with E-state index in [1.807, 2.05) is 0 Å². The van der Waals surface area contributed by atoms with Gasteiger partial charge in [0.05, 0.1) is 4.92 Å². The monoisotopic (exact) mass is 415 g/mol. The number of nitro benzene ring substituents is 1. The molecular weight excluding hydrogens is 386 g/mol. The number of nitrogens with two attached hydrogens (primary N) is 1. The maximum absolute atomic E-state index is 10.7. The average molecular weight is 416 g/mol. The largest absolute Gasteiger partial charge is 0.480 e. The summed E-state index contributed by atoms with van der Waals surface area (Å²) in [5, 5.41) is 30.6. The van der Waals surface area contributed by atoms with Crippen LogP contribution >= 0.6 is 12.6 Å². The van der Waals surface area contributed by atoms with E-state index >= 15 is 0 Å². The summed E-state index contributed by atoms with van der Waals surface area (Å²) in [7, 11) is 0. The summed E-state index contributed by atoms with van der Waals surface area (Å²) in [6.07, 6.45) is 4.97. The van der Waals surface area contributed by atoms with Gasteiger partial charge < -0.3 is 15.9 Å². The molecule has 0 aromatic heterocycles. The first kappa shape index (κ1) is 25.8. The molecule has 0 saturated heterocycles. The Bertz CT molecular complexity index is 629. The van der Waals surface area contributed by atoms with Gasteiger partial charge in [-0.1, -0.05) is 50.8 Å². The molecule has 0 amide bonds. The molecule has 0 bridgehead atoms. The summed E-state index contributed by atoms with van der Waals surface area (Å²) in [5.41, 5.74) is 5.72. The van der Waals surface area contributed by atoms with Crippen molar-refractivity contribution in [3.05, 3.63) is 39.9 Å². The molecular formula is C18H29N3O6S. The Kier molecular flexibility index (Phi) is 13.7. The third-order valence-corrected chi connectivity index (χ3v) is 4.26. The van der Waals surface area contributed by atoms with Crippen LogP contribution in [0, 0.1) is 10.1 Å². The van der Waals surface area contributed by atoms with Gasteiger partial charge in [-0.2, -0.15) is 12.6 Å². The molecule has 0 spiro atoms. The topological polar surface area (TPSA) is 156 Å². The molecule has 2 atom stereocenters. The number of nitrogens with zero attached hydrogens (tertiary/aromatic N) is 1. The standard InChI is InChI=1S/C10H12N2O4S.C8H17NO2/c13-10(14)8(6-17)11-5-7-3-1-2-4-9(7)12(15)16;1-2-3-4-5-6-7(9)8(10)11/h1-4,8,11,17H,5-6H2,(H,13,14);7H,2-6,9H2,1H3,(H,10,11)/t8-;/m0./s1. The second-order valence-corrected chi connectivity index (χ2v) is 6.50. The number of para-hydroxylation sites is 1. The van der Waals surface area contributed by atoms with Crippen LogP contribution < -0.4 is 11.1 Å². The molecule has 28 heavy (non-hydrogen) atoms. The van der Waals surface area contributed by atoms with Gasteiger partial charge in [-0.05, 0) is 6.42 Å². The number of nitro groups is 1. The normalized spacial score (nSPS) is 12.4.